The molecular formula is C13H16O5S. The van der Waals surface area contributed by atoms with E-state index in [0.717, 1.165) is 19.1 Å². The van der Waals surface area contributed by atoms with Gasteiger partial charge >= 0.3 is 5.97 Å². The molecule has 0 aliphatic heterocycles. The third kappa shape index (κ3) is 5.40. The van der Waals surface area contributed by atoms with Crippen molar-refractivity contribution in [3.63, 3.8) is 0 Å². The average Bonchev–Trinajstić information content (AvgIpc) is 3.09. The average molecular weight is 284 g/mol. The number of esters is 1. The maximum Gasteiger partial charge on any atom is 0.311 e. The highest BCUT2D eigenvalue weighted by Gasteiger charge is 2.25. The van der Waals surface area contributed by atoms with Crippen molar-refractivity contribution in [2.24, 2.45) is 5.92 Å². The number of carbonyl (C=O) groups excluding carboxylic acids is 1. The Kier molecular flexibility index (Phi) is 4.21. The molecule has 0 aromatic heterocycles. The summed E-state index contributed by atoms with van der Waals surface area (Å²) < 4.78 is 31.7. The lowest BCUT2D eigenvalue weighted by Gasteiger charge is -2.06. The lowest BCUT2D eigenvalue weighted by atomic mass is 10.2. The van der Waals surface area contributed by atoms with E-state index in [1.54, 1.807) is 24.3 Å². The second-order valence-electron chi connectivity index (χ2n) is 4.74. The van der Waals surface area contributed by atoms with Crippen molar-refractivity contribution >= 4 is 16.1 Å². The van der Waals surface area contributed by atoms with Crippen LogP contribution in [-0.2, 0) is 25.7 Å². The summed E-state index contributed by atoms with van der Waals surface area (Å²) in [6, 6.07) is 6.68. The van der Waals surface area contributed by atoms with Gasteiger partial charge in [-0.15, -0.1) is 0 Å². The van der Waals surface area contributed by atoms with Crippen LogP contribution in [0.15, 0.2) is 24.3 Å². The molecule has 2 rings (SSSR count). The Labute approximate surface area is 112 Å². The minimum absolute atomic E-state index is 0.0626. The van der Waals surface area contributed by atoms with Gasteiger partial charge in [0.05, 0.1) is 12.9 Å². The van der Waals surface area contributed by atoms with Crippen LogP contribution in [0.25, 0.3) is 0 Å². The first-order valence-electron chi connectivity index (χ1n) is 6.06. The fourth-order valence-corrected chi connectivity index (χ4v) is 1.95. The number of ether oxygens (including phenoxy) is 1. The standard InChI is InChI=1S/C13H16O5S/c1-19(15,16)17-9-11-3-2-4-12(7-11)18-13(14)8-10-5-6-10/h2-4,7,10H,5-6,8-9H2,1H3. The zero-order valence-corrected chi connectivity index (χ0v) is 11.5. The minimum atomic E-state index is -3.47. The molecule has 19 heavy (non-hydrogen) atoms. The van der Waals surface area contributed by atoms with Crippen molar-refractivity contribution in [3.05, 3.63) is 29.8 Å². The summed E-state index contributed by atoms with van der Waals surface area (Å²) >= 11 is 0. The van der Waals surface area contributed by atoms with E-state index in [9.17, 15) is 13.2 Å². The van der Waals surface area contributed by atoms with Crippen LogP contribution in [-0.4, -0.2) is 20.6 Å². The summed E-state index contributed by atoms with van der Waals surface area (Å²) in [5.74, 6) is 0.646. The van der Waals surface area contributed by atoms with Crippen LogP contribution in [0.1, 0.15) is 24.8 Å². The fourth-order valence-electron chi connectivity index (χ4n) is 1.60. The number of carbonyl (C=O) groups is 1. The van der Waals surface area contributed by atoms with E-state index in [4.69, 9.17) is 4.74 Å². The van der Waals surface area contributed by atoms with Gasteiger partial charge in [-0.25, -0.2) is 0 Å². The van der Waals surface area contributed by atoms with Crippen molar-refractivity contribution in [2.75, 3.05) is 6.26 Å². The van der Waals surface area contributed by atoms with Gasteiger partial charge in [0, 0.05) is 6.42 Å². The number of hydrogen-bond donors (Lipinski definition) is 0. The zero-order chi connectivity index (χ0) is 13.9. The third-order valence-corrected chi connectivity index (χ3v) is 3.27. The van der Waals surface area contributed by atoms with Crippen LogP contribution in [0, 0.1) is 5.92 Å². The maximum absolute atomic E-state index is 11.5. The number of hydrogen-bond acceptors (Lipinski definition) is 5. The number of rotatable bonds is 6. The molecule has 0 atom stereocenters. The largest absolute Gasteiger partial charge is 0.427 e. The molecule has 0 unspecified atom stereocenters. The van der Waals surface area contributed by atoms with Crippen LogP contribution in [0.5, 0.6) is 5.75 Å². The predicted molar refractivity (Wildman–Crippen MR) is 69.1 cm³/mol. The molecule has 0 spiro atoms. The summed E-state index contributed by atoms with van der Waals surface area (Å²) in [4.78, 5) is 11.5. The fraction of sp³-hybridized carbons (Fsp3) is 0.462. The molecular weight excluding hydrogens is 268 g/mol. The van der Waals surface area contributed by atoms with Crippen molar-refractivity contribution in [1.82, 2.24) is 0 Å². The van der Waals surface area contributed by atoms with Gasteiger partial charge < -0.3 is 4.74 Å². The highest BCUT2D eigenvalue weighted by molar-refractivity contribution is 7.85. The summed E-state index contributed by atoms with van der Waals surface area (Å²) in [6.45, 7) is -0.0626. The van der Waals surface area contributed by atoms with Crippen LogP contribution in [0.4, 0.5) is 0 Å². The normalized spacial score (nSPS) is 15.2. The Morgan fingerprint density at radius 1 is 1.37 bits per heavy atom. The van der Waals surface area contributed by atoms with Crippen LogP contribution in [0.3, 0.4) is 0 Å². The predicted octanol–water partition coefficient (Wildman–Crippen LogP) is 1.87. The Hall–Kier alpha value is -1.40. The Morgan fingerprint density at radius 3 is 2.74 bits per heavy atom. The van der Waals surface area contributed by atoms with Gasteiger partial charge in [-0.1, -0.05) is 12.1 Å². The SMILES string of the molecule is CS(=O)(=O)OCc1cccc(OC(=O)CC2CC2)c1. The molecule has 1 aliphatic rings. The first-order chi connectivity index (χ1) is 8.92. The molecule has 0 radical (unpaired) electrons. The van der Waals surface area contributed by atoms with Gasteiger partial charge in [-0.05, 0) is 36.5 Å². The quantitative estimate of drug-likeness (QED) is 0.453. The van der Waals surface area contributed by atoms with Gasteiger partial charge in [0.25, 0.3) is 10.1 Å². The molecule has 1 aromatic carbocycles. The lowest BCUT2D eigenvalue weighted by Crippen LogP contribution is -2.09. The molecule has 5 nitrogen and oxygen atoms in total. The van der Waals surface area contributed by atoms with E-state index >= 15 is 0 Å². The topological polar surface area (TPSA) is 69.7 Å². The summed E-state index contributed by atoms with van der Waals surface area (Å²) in [7, 11) is -3.47. The van der Waals surface area contributed by atoms with Crippen LogP contribution < -0.4 is 4.74 Å². The second kappa shape index (κ2) is 5.71. The number of benzene rings is 1. The molecule has 0 N–H and O–H groups in total. The Bertz CT molecular complexity index is 560. The Morgan fingerprint density at radius 2 is 2.11 bits per heavy atom. The third-order valence-electron chi connectivity index (χ3n) is 2.72. The van der Waals surface area contributed by atoms with E-state index in [-0.39, 0.29) is 12.6 Å². The van der Waals surface area contributed by atoms with Gasteiger partial charge in [-0.3, -0.25) is 8.98 Å². The zero-order valence-electron chi connectivity index (χ0n) is 10.7. The van der Waals surface area contributed by atoms with E-state index in [1.165, 1.54) is 0 Å². The van der Waals surface area contributed by atoms with Gasteiger partial charge in [0.1, 0.15) is 5.75 Å². The molecule has 1 fully saturated rings. The van der Waals surface area contributed by atoms with Crippen molar-refractivity contribution < 1.29 is 22.1 Å². The molecule has 0 bridgehead atoms. The summed E-state index contributed by atoms with van der Waals surface area (Å²) in [5, 5.41) is 0. The molecule has 1 aromatic rings. The van der Waals surface area contributed by atoms with Crippen molar-refractivity contribution in [3.8, 4) is 5.75 Å². The molecule has 0 amide bonds. The van der Waals surface area contributed by atoms with Crippen molar-refractivity contribution in [2.45, 2.75) is 25.9 Å². The van der Waals surface area contributed by atoms with Gasteiger partial charge in [0.2, 0.25) is 0 Å². The molecule has 0 heterocycles. The second-order valence-corrected chi connectivity index (χ2v) is 6.38. The van der Waals surface area contributed by atoms with E-state index in [1.807, 2.05) is 0 Å². The minimum Gasteiger partial charge on any atom is -0.427 e. The van der Waals surface area contributed by atoms with E-state index < -0.39 is 10.1 Å². The van der Waals surface area contributed by atoms with E-state index in [2.05, 4.69) is 4.18 Å². The van der Waals surface area contributed by atoms with Gasteiger partial charge in [0.15, 0.2) is 0 Å². The maximum atomic E-state index is 11.5. The molecule has 0 saturated heterocycles. The summed E-state index contributed by atoms with van der Waals surface area (Å²) in [6.07, 6.45) is 3.63. The Balaban J connectivity index is 1.92. The summed E-state index contributed by atoms with van der Waals surface area (Å²) in [5.41, 5.74) is 0.641. The highest BCUT2D eigenvalue weighted by atomic mass is 32.2. The van der Waals surface area contributed by atoms with Gasteiger partial charge in [-0.2, -0.15) is 8.42 Å². The lowest BCUT2D eigenvalue weighted by molar-refractivity contribution is -0.134. The smallest absolute Gasteiger partial charge is 0.311 e. The van der Waals surface area contributed by atoms with Crippen LogP contribution >= 0.6 is 0 Å². The first-order valence-corrected chi connectivity index (χ1v) is 7.88. The molecule has 1 aliphatic carbocycles. The molecule has 6 heteroatoms. The monoisotopic (exact) mass is 284 g/mol. The first kappa shape index (κ1) is 14.0. The molecule has 1 saturated carbocycles. The van der Waals surface area contributed by atoms with Crippen molar-refractivity contribution in [1.29, 1.82) is 0 Å². The van der Waals surface area contributed by atoms with E-state index in [0.29, 0.717) is 23.7 Å². The molecule has 104 valence electrons. The van der Waals surface area contributed by atoms with Crippen LogP contribution in [0.2, 0.25) is 0 Å². The highest BCUT2D eigenvalue weighted by Crippen LogP contribution is 2.32.